The average Bonchev–Trinajstić information content (AvgIpc) is 3.43. The Kier molecular flexibility index (Phi) is 10.9. The van der Waals surface area contributed by atoms with E-state index >= 15 is 0 Å². The van der Waals surface area contributed by atoms with Crippen molar-refractivity contribution in [3.05, 3.63) is 98.2 Å². The predicted molar refractivity (Wildman–Crippen MR) is 172 cm³/mol. The fourth-order valence-electron chi connectivity index (χ4n) is 5.00. The van der Waals surface area contributed by atoms with Gasteiger partial charge in [-0.05, 0) is 48.5 Å². The van der Waals surface area contributed by atoms with Gasteiger partial charge in [-0.1, -0.05) is 18.2 Å². The van der Waals surface area contributed by atoms with Gasteiger partial charge in [0.1, 0.15) is 16.5 Å². The summed E-state index contributed by atoms with van der Waals surface area (Å²) in [7, 11) is 4.10. The van der Waals surface area contributed by atoms with E-state index in [4.69, 9.17) is 4.74 Å². The summed E-state index contributed by atoms with van der Waals surface area (Å²) >= 11 is 0.962. The molecule has 2 aromatic carbocycles. The predicted octanol–water partition coefficient (Wildman–Crippen LogP) is 4.66. The van der Waals surface area contributed by atoms with Gasteiger partial charge in [-0.25, -0.2) is 28.4 Å². The Morgan fingerprint density at radius 1 is 0.980 bits per heavy atom. The van der Waals surface area contributed by atoms with Crippen LogP contribution in [0, 0.1) is 11.6 Å². The van der Waals surface area contributed by atoms with Gasteiger partial charge < -0.3 is 10.1 Å². The van der Waals surface area contributed by atoms with Crippen LogP contribution in [0.25, 0.3) is 26.5 Å². The number of aromatic nitrogens is 4. The molecule has 0 fully saturated rings. The van der Waals surface area contributed by atoms with Gasteiger partial charge >= 0.3 is 18.1 Å². The third-order valence-electron chi connectivity index (χ3n) is 7.28. The number of ether oxygens (including phenoxy) is 2. The van der Waals surface area contributed by atoms with Crippen LogP contribution in [-0.2, 0) is 22.7 Å². The molecule has 0 aliphatic heterocycles. The van der Waals surface area contributed by atoms with Gasteiger partial charge in [0.2, 0.25) is 5.88 Å². The maximum atomic E-state index is 15.0. The van der Waals surface area contributed by atoms with Crippen molar-refractivity contribution in [2.24, 2.45) is 0 Å². The number of anilines is 1. The van der Waals surface area contributed by atoms with E-state index in [1.165, 1.54) is 38.3 Å². The van der Waals surface area contributed by atoms with E-state index in [2.05, 4.69) is 30.6 Å². The molecule has 50 heavy (non-hydrogen) atoms. The maximum Gasteiger partial charge on any atom is 0.522 e. The summed E-state index contributed by atoms with van der Waals surface area (Å²) in [6, 6.07) is 11.5. The highest BCUT2D eigenvalue weighted by molar-refractivity contribution is 7.22. The highest BCUT2D eigenvalue weighted by Crippen LogP contribution is 2.38. The molecule has 19 heteroatoms. The van der Waals surface area contributed by atoms with Crippen molar-refractivity contribution >= 4 is 33.3 Å². The summed E-state index contributed by atoms with van der Waals surface area (Å²) < 4.78 is 78.8. The highest BCUT2D eigenvalue weighted by atomic mass is 32.1. The molecule has 264 valence electrons. The van der Waals surface area contributed by atoms with Crippen molar-refractivity contribution in [3.63, 3.8) is 0 Å². The largest absolute Gasteiger partial charge is 0.522 e. The lowest BCUT2D eigenvalue weighted by molar-refractivity contribution is -0.324. The van der Waals surface area contributed by atoms with Crippen LogP contribution < -0.4 is 26.8 Å². The molecule has 0 radical (unpaired) electrons. The Morgan fingerprint density at radius 2 is 1.68 bits per heavy atom. The van der Waals surface area contributed by atoms with Gasteiger partial charge in [0.15, 0.2) is 5.82 Å². The maximum absolute atomic E-state index is 15.0. The first-order valence-electron chi connectivity index (χ1n) is 14.5. The summed E-state index contributed by atoms with van der Waals surface area (Å²) in [6.45, 7) is -1.69. The van der Waals surface area contributed by atoms with Gasteiger partial charge in [0.25, 0.3) is 5.56 Å². The number of alkyl halides is 3. The lowest BCUT2D eigenvalue weighted by Crippen LogP contribution is -2.40. The Hall–Kier alpha value is -5.24. The molecule has 0 spiro atoms. The van der Waals surface area contributed by atoms with E-state index < -0.39 is 54.0 Å². The van der Waals surface area contributed by atoms with Crippen LogP contribution in [0.15, 0.2) is 64.2 Å². The number of hydrogen-bond acceptors (Lipinski definition) is 10. The minimum atomic E-state index is -4.86. The van der Waals surface area contributed by atoms with Gasteiger partial charge in [-0.2, -0.15) is 0 Å². The second-order valence-electron chi connectivity index (χ2n) is 10.6. The molecule has 0 atom stereocenters. The summed E-state index contributed by atoms with van der Waals surface area (Å²) in [5.74, 6) is -2.01. The Labute approximate surface area is 283 Å². The second kappa shape index (κ2) is 15.1. The van der Waals surface area contributed by atoms with Crippen LogP contribution in [0.4, 0.5) is 32.4 Å². The SMILES string of the molecule is CONC(=O)Nc1ccc(-c2sc3c(c2CN(C)CCOC(F)(F)F)c(=O)n(-c2ccc(OC)nn2)c(=O)n3Cc2c(F)cccc2F)cc1. The third-order valence-corrected chi connectivity index (χ3v) is 8.59. The molecule has 0 bridgehead atoms. The molecule has 5 aromatic rings. The molecule has 2 amide bonds. The minimum absolute atomic E-state index is 0.0342. The number of hydroxylamine groups is 1. The number of urea groups is 1. The average molecular weight is 722 g/mol. The first-order valence-corrected chi connectivity index (χ1v) is 15.3. The summed E-state index contributed by atoms with van der Waals surface area (Å²) in [6.07, 6.45) is -4.86. The number of carbonyl (C=O) groups excluding carboxylic acids is 1. The van der Waals surface area contributed by atoms with Crippen molar-refractivity contribution < 1.29 is 41.1 Å². The summed E-state index contributed by atoms with van der Waals surface area (Å²) in [5.41, 5.74) is 0.956. The number of benzene rings is 2. The van der Waals surface area contributed by atoms with Crippen LogP contribution >= 0.6 is 11.3 Å². The number of rotatable bonds is 12. The molecular formula is C31H28F5N7O6S. The fourth-order valence-corrected chi connectivity index (χ4v) is 6.30. The number of thiophene rings is 1. The number of methoxy groups -OCH3 is 1. The number of likely N-dealkylation sites (N-methyl/N-ethyl adjacent to an activating group) is 1. The Morgan fingerprint density at radius 3 is 2.28 bits per heavy atom. The van der Waals surface area contributed by atoms with Crippen molar-refractivity contribution in [2.75, 3.05) is 39.7 Å². The van der Waals surface area contributed by atoms with Gasteiger partial charge in [0.05, 0.1) is 32.8 Å². The quantitative estimate of drug-likeness (QED) is 0.139. The monoisotopic (exact) mass is 721 g/mol. The van der Waals surface area contributed by atoms with E-state index in [9.17, 15) is 36.3 Å². The molecule has 0 saturated carbocycles. The van der Waals surface area contributed by atoms with E-state index in [1.807, 2.05) is 0 Å². The van der Waals surface area contributed by atoms with E-state index in [-0.39, 0.29) is 35.0 Å². The lowest BCUT2D eigenvalue weighted by atomic mass is 10.1. The normalized spacial score (nSPS) is 11.7. The minimum Gasteiger partial charge on any atom is -0.480 e. The van der Waals surface area contributed by atoms with Gasteiger partial charge in [-0.3, -0.25) is 23.8 Å². The summed E-state index contributed by atoms with van der Waals surface area (Å²) in [5, 5.41) is 10.3. The number of hydrogen-bond donors (Lipinski definition) is 2. The van der Waals surface area contributed by atoms with Gasteiger partial charge in [-0.15, -0.1) is 34.7 Å². The molecule has 0 aliphatic carbocycles. The molecule has 0 unspecified atom stereocenters. The van der Waals surface area contributed by atoms with Crippen molar-refractivity contribution in [1.29, 1.82) is 0 Å². The smallest absolute Gasteiger partial charge is 0.480 e. The Bertz CT molecular complexity index is 2100. The molecule has 2 N–H and O–H groups in total. The highest BCUT2D eigenvalue weighted by Gasteiger charge is 2.30. The third kappa shape index (κ3) is 7.96. The number of nitrogens with zero attached hydrogens (tertiary/aromatic N) is 5. The van der Waals surface area contributed by atoms with Crippen LogP contribution in [0.5, 0.6) is 5.88 Å². The number of halogens is 5. The molecule has 3 heterocycles. The lowest BCUT2D eigenvalue weighted by Gasteiger charge is -2.18. The molecule has 0 saturated heterocycles. The zero-order valence-electron chi connectivity index (χ0n) is 26.5. The van der Waals surface area contributed by atoms with Crippen LogP contribution in [0.2, 0.25) is 0 Å². The fraction of sp³-hybridized carbons (Fsp3) is 0.258. The van der Waals surface area contributed by atoms with Crippen molar-refractivity contribution in [2.45, 2.75) is 19.5 Å². The molecular weight excluding hydrogens is 693 g/mol. The topological polar surface area (TPSA) is 142 Å². The van der Waals surface area contributed by atoms with E-state index in [0.29, 0.717) is 26.3 Å². The number of fused-ring (bicyclic) bond motifs is 1. The van der Waals surface area contributed by atoms with Gasteiger partial charge in [0, 0.05) is 35.3 Å². The zero-order chi connectivity index (χ0) is 36.2. The van der Waals surface area contributed by atoms with E-state index in [1.54, 1.807) is 24.3 Å². The first kappa shape index (κ1) is 36.1. The Balaban J connectivity index is 1.75. The zero-order valence-corrected chi connectivity index (χ0v) is 27.3. The number of amides is 2. The number of nitrogens with one attached hydrogen (secondary N) is 2. The first-order chi connectivity index (χ1) is 23.8. The molecule has 5 rings (SSSR count). The number of carbonyl (C=O) groups is 1. The molecule has 0 aliphatic rings. The van der Waals surface area contributed by atoms with E-state index in [0.717, 1.165) is 34.1 Å². The van der Waals surface area contributed by atoms with Crippen molar-refractivity contribution in [3.8, 4) is 22.1 Å². The van der Waals surface area contributed by atoms with Crippen LogP contribution in [-0.4, -0.2) is 71.0 Å². The second-order valence-corrected chi connectivity index (χ2v) is 11.6. The standard InChI is InChI=1S/C31H28F5N7O6S/c1-41(13-14-49-31(34,35)36)15-20-25-27(44)43(23-11-12-24(47-2)39-38-23)30(46)42(16-19-21(32)5-4-6-22(19)33)28(25)50-26(20)17-7-9-18(10-8-17)37-29(45)40-48-3/h4-12H,13-16H2,1-3H3,(H2,37,40,45). The van der Waals surface area contributed by atoms with Crippen LogP contribution in [0.3, 0.4) is 0 Å². The molecule has 3 aromatic heterocycles. The van der Waals surface area contributed by atoms with Crippen molar-refractivity contribution in [1.82, 2.24) is 29.7 Å². The molecule has 13 nitrogen and oxygen atoms in total. The summed E-state index contributed by atoms with van der Waals surface area (Å²) in [4.78, 5) is 46.9. The van der Waals surface area contributed by atoms with Crippen LogP contribution in [0.1, 0.15) is 11.1 Å².